The highest BCUT2D eigenvalue weighted by Gasteiger charge is 2.07. The first-order valence-electron chi connectivity index (χ1n) is 8.24. The monoisotopic (exact) mass is 382 g/mol. The molecule has 138 valence electrons. The average Bonchev–Trinajstić information content (AvgIpc) is 2.61. The van der Waals surface area contributed by atoms with E-state index in [1.54, 1.807) is 42.5 Å². The number of hydrogen-bond acceptors (Lipinski definition) is 5. The molecule has 0 atom stereocenters. The van der Waals surface area contributed by atoms with Gasteiger partial charge in [-0.25, -0.2) is 4.98 Å². The Labute approximate surface area is 159 Å². The fourth-order valence-corrected chi connectivity index (χ4v) is 3.21. The van der Waals surface area contributed by atoms with Crippen LogP contribution in [-0.2, 0) is 15.3 Å². The molecule has 3 N–H and O–H groups in total. The van der Waals surface area contributed by atoms with Crippen LogP contribution in [0.3, 0.4) is 0 Å². The summed E-state index contributed by atoms with van der Waals surface area (Å²) in [6, 6.07) is 14.1. The van der Waals surface area contributed by atoms with Crippen LogP contribution in [0.15, 0.2) is 53.3 Å². The van der Waals surface area contributed by atoms with Gasteiger partial charge in [-0.05, 0) is 30.3 Å². The number of aromatic amines is 1. The first-order chi connectivity index (χ1) is 13.0. The first-order valence-corrected chi connectivity index (χ1v) is 9.40. The van der Waals surface area contributed by atoms with Crippen LogP contribution in [0.5, 0.6) is 0 Å². The van der Waals surface area contributed by atoms with Crippen LogP contribution in [0.25, 0.3) is 10.9 Å². The zero-order chi connectivity index (χ0) is 19.2. The quantitative estimate of drug-likeness (QED) is 0.608. The molecular formula is C19H18N4O3S. The normalized spacial score (nSPS) is 10.6. The third-order valence-corrected chi connectivity index (χ3v) is 4.54. The molecule has 0 aliphatic heterocycles. The van der Waals surface area contributed by atoms with Crippen molar-refractivity contribution in [3.63, 3.8) is 0 Å². The van der Waals surface area contributed by atoms with E-state index in [4.69, 9.17) is 0 Å². The number of amides is 2. The van der Waals surface area contributed by atoms with E-state index in [9.17, 15) is 14.4 Å². The molecule has 0 saturated carbocycles. The summed E-state index contributed by atoms with van der Waals surface area (Å²) in [4.78, 5) is 42.4. The summed E-state index contributed by atoms with van der Waals surface area (Å²) in [5.41, 5.74) is 1.67. The van der Waals surface area contributed by atoms with Crippen molar-refractivity contribution in [2.24, 2.45) is 0 Å². The van der Waals surface area contributed by atoms with Crippen molar-refractivity contribution in [3.8, 4) is 0 Å². The molecule has 0 unspecified atom stereocenters. The molecule has 0 saturated heterocycles. The van der Waals surface area contributed by atoms with Gasteiger partial charge in [-0.15, -0.1) is 11.8 Å². The van der Waals surface area contributed by atoms with Crippen LogP contribution in [0.4, 0.5) is 11.4 Å². The van der Waals surface area contributed by atoms with Gasteiger partial charge in [0.05, 0.1) is 22.4 Å². The largest absolute Gasteiger partial charge is 0.326 e. The van der Waals surface area contributed by atoms with Crippen LogP contribution in [0.1, 0.15) is 12.7 Å². The fraction of sp³-hybridized carbons (Fsp3) is 0.158. The molecule has 0 bridgehead atoms. The topological polar surface area (TPSA) is 104 Å². The summed E-state index contributed by atoms with van der Waals surface area (Å²) >= 11 is 1.35. The lowest BCUT2D eigenvalue weighted by atomic mass is 10.2. The molecule has 0 aliphatic rings. The Morgan fingerprint density at radius 2 is 1.81 bits per heavy atom. The summed E-state index contributed by atoms with van der Waals surface area (Å²) in [6.45, 7) is 1.42. The summed E-state index contributed by atoms with van der Waals surface area (Å²) in [5.74, 6) is 0.804. The number of carbonyl (C=O) groups is 2. The lowest BCUT2D eigenvalue weighted by Crippen LogP contribution is -2.15. The maximum absolute atomic E-state index is 12.1. The van der Waals surface area contributed by atoms with Gasteiger partial charge in [0.1, 0.15) is 5.82 Å². The number of para-hydroxylation sites is 1. The minimum atomic E-state index is -0.185. The average molecular weight is 382 g/mol. The zero-order valence-corrected chi connectivity index (χ0v) is 15.4. The van der Waals surface area contributed by atoms with Crippen LogP contribution in [-0.4, -0.2) is 27.5 Å². The number of rotatable bonds is 6. The van der Waals surface area contributed by atoms with E-state index >= 15 is 0 Å². The van der Waals surface area contributed by atoms with Crippen LogP contribution >= 0.6 is 11.8 Å². The van der Waals surface area contributed by atoms with Gasteiger partial charge in [0.25, 0.3) is 5.56 Å². The second kappa shape index (κ2) is 8.50. The molecule has 1 heterocycles. The van der Waals surface area contributed by atoms with Gasteiger partial charge in [-0.3, -0.25) is 14.4 Å². The van der Waals surface area contributed by atoms with Gasteiger partial charge < -0.3 is 15.6 Å². The molecule has 0 spiro atoms. The van der Waals surface area contributed by atoms with Crippen molar-refractivity contribution >= 4 is 45.9 Å². The highest BCUT2D eigenvalue weighted by atomic mass is 32.2. The molecule has 0 fully saturated rings. The van der Waals surface area contributed by atoms with E-state index in [1.165, 1.54) is 18.7 Å². The number of aromatic nitrogens is 2. The van der Waals surface area contributed by atoms with E-state index in [1.807, 2.05) is 6.07 Å². The molecule has 1 aromatic heterocycles. The molecule has 7 nitrogen and oxygen atoms in total. The van der Waals surface area contributed by atoms with Crippen LogP contribution in [0, 0.1) is 0 Å². The van der Waals surface area contributed by atoms with Crippen LogP contribution in [0.2, 0.25) is 0 Å². The maximum atomic E-state index is 12.1. The van der Waals surface area contributed by atoms with Crippen molar-refractivity contribution in [2.45, 2.75) is 12.7 Å². The van der Waals surface area contributed by atoms with Crippen molar-refractivity contribution < 1.29 is 9.59 Å². The Morgan fingerprint density at radius 3 is 2.59 bits per heavy atom. The van der Waals surface area contributed by atoms with Gasteiger partial charge in [-0.1, -0.05) is 18.2 Å². The Morgan fingerprint density at radius 1 is 1.07 bits per heavy atom. The van der Waals surface area contributed by atoms with Gasteiger partial charge in [0.15, 0.2) is 0 Å². The number of hydrogen-bond donors (Lipinski definition) is 3. The minimum absolute atomic E-state index is 0.175. The van der Waals surface area contributed by atoms with Gasteiger partial charge in [-0.2, -0.15) is 0 Å². The summed E-state index contributed by atoms with van der Waals surface area (Å²) in [5, 5.41) is 5.99. The zero-order valence-electron chi connectivity index (χ0n) is 14.6. The minimum Gasteiger partial charge on any atom is -0.326 e. The first kappa shape index (κ1) is 18.7. The van der Waals surface area contributed by atoms with E-state index in [-0.39, 0.29) is 23.1 Å². The van der Waals surface area contributed by atoms with E-state index < -0.39 is 0 Å². The van der Waals surface area contributed by atoms with Crippen molar-refractivity contribution in [3.05, 3.63) is 64.7 Å². The SMILES string of the molecule is CC(=O)Nc1cccc(NC(=O)CSCc2nc3ccccc3c(=O)[nH]2)c1. The third kappa shape index (κ3) is 5.18. The summed E-state index contributed by atoms with van der Waals surface area (Å²) in [7, 11) is 0. The molecule has 2 aromatic carbocycles. The number of nitrogens with zero attached hydrogens (tertiary/aromatic N) is 1. The molecular weight excluding hydrogens is 364 g/mol. The standard InChI is InChI=1S/C19H18N4O3S/c1-12(24)20-13-5-4-6-14(9-13)21-18(25)11-27-10-17-22-16-8-3-2-7-15(16)19(26)23-17/h2-9H,10-11H2,1H3,(H,20,24)(H,21,25)(H,22,23,26). The molecule has 8 heteroatoms. The molecule has 3 aromatic rings. The van der Waals surface area contributed by atoms with Gasteiger partial charge in [0, 0.05) is 18.3 Å². The molecule has 3 rings (SSSR count). The van der Waals surface area contributed by atoms with E-state index in [0.717, 1.165) is 0 Å². The third-order valence-electron chi connectivity index (χ3n) is 3.60. The highest BCUT2D eigenvalue weighted by Crippen LogP contribution is 2.16. The smallest absolute Gasteiger partial charge is 0.258 e. The number of thioether (sulfide) groups is 1. The summed E-state index contributed by atoms with van der Waals surface area (Å²) in [6.07, 6.45) is 0. The molecule has 0 radical (unpaired) electrons. The predicted molar refractivity (Wildman–Crippen MR) is 108 cm³/mol. The molecule has 0 aliphatic carbocycles. The van der Waals surface area contributed by atoms with Crippen molar-refractivity contribution in [2.75, 3.05) is 16.4 Å². The second-order valence-electron chi connectivity index (χ2n) is 5.83. The van der Waals surface area contributed by atoms with Gasteiger partial charge in [0.2, 0.25) is 11.8 Å². The predicted octanol–water partition coefficient (Wildman–Crippen LogP) is 2.75. The number of benzene rings is 2. The van der Waals surface area contributed by atoms with E-state index in [0.29, 0.717) is 33.9 Å². The summed E-state index contributed by atoms with van der Waals surface area (Å²) < 4.78 is 0. The number of carbonyl (C=O) groups excluding carboxylic acids is 2. The Kier molecular flexibility index (Phi) is 5.87. The number of H-pyrrole nitrogens is 1. The lowest BCUT2D eigenvalue weighted by molar-refractivity contribution is -0.114. The Hall–Kier alpha value is -3.13. The van der Waals surface area contributed by atoms with Crippen molar-refractivity contribution in [1.29, 1.82) is 0 Å². The van der Waals surface area contributed by atoms with Crippen LogP contribution < -0.4 is 16.2 Å². The van der Waals surface area contributed by atoms with Crippen molar-refractivity contribution in [1.82, 2.24) is 9.97 Å². The van der Waals surface area contributed by atoms with E-state index in [2.05, 4.69) is 20.6 Å². The molecule has 2 amide bonds. The maximum Gasteiger partial charge on any atom is 0.258 e. The number of fused-ring (bicyclic) bond motifs is 1. The fourth-order valence-electron chi connectivity index (χ4n) is 2.52. The second-order valence-corrected chi connectivity index (χ2v) is 6.82. The Balaban J connectivity index is 1.55. The molecule has 27 heavy (non-hydrogen) atoms. The van der Waals surface area contributed by atoms with Gasteiger partial charge >= 0.3 is 0 Å². The lowest BCUT2D eigenvalue weighted by Gasteiger charge is -2.08. The Bertz CT molecular complexity index is 1050. The number of anilines is 2. The highest BCUT2D eigenvalue weighted by molar-refractivity contribution is 7.99. The number of nitrogens with one attached hydrogen (secondary N) is 3.